The van der Waals surface area contributed by atoms with Crippen LogP contribution < -0.4 is 10.1 Å². The Labute approximate surface area is 207 Å². The summed E-state index contributed by atoms with van der Waals surface area (Å²) in [5.41, 5.74) is 4.43. The lowest BCUT2D eigenvalue weighted by Gasteiger charge is -2.45. The van der Waals surface area contributed by atoms with Crippen LogP contribution in [0, 0.1) is 0 Å². The van der Waals surface area contributed by atoms with E-state index in [4.69, 9.17) is 9.72 Å². The summed E-state index contributed by atoms with van der Waals surface area (Å²) >= 11 is 0. The van der Waals surface area contributed by atoms with Gasteiger partial charge in [0.15, 0.2) is 12.4 Å². The van der Waals surface area contributed by atoms with Crippen LogP contribution in [0.5, 0.6) is 5.88 Å². The molecule has 36 heavy (non-hydrogen) atoms. The number of ether oxygens (including phenoxy) is 1. The number of benzene rings is 2. The number of aliphatic hydroxyl groups excluding tert-OH is 1. The monoisotopic (exact) mass is 483 g/mol. The molecular formula is C27H25N5O4. The van der Waals surface area contributed by atoms with E-state index in [2.05, 4.69) is 21.6 Å². The number of fused-ring (bicyclic) bond motifs is 3. The quantitative estimate of drug-likeness (QED) is 0.391. The zero-order chi connectivity index (χ0) is 24.9. The van der Waals surface area contributed by atoms with Gasteiger partial charge >= 0.3 is 6.09 Å². The lowest BCUT2D eigenvalue weighted by molar-refractivity contribution is 0.00172. The van der Waals surface area contributed by atoms with Crippen LogP contribution in [0.1, 0.15) is 37.0 Å². The minimum atomic E-state index is -1.11. The molecule has 9 heteroatoms. The van der Waals surface area contributed by atoms with Crippen molar-refractivity contribution in [3.8, 4) is 34.0 Å². The van der Waals surface area contributed by atoms with Crippen LogP contribution in [-0.2, 0) is 18.6 Å². The highest BCUT2D eigenvalue weighted by Gasteiger charge is 2.46. The highest BCUT2D eigenvalue weighted by Crippen LogP contribution is 2.43. The highest BCUT2D eigenvalue weighted by atomic mass is 16.5. The SMILES string of the molecule is CCc1nnc2n1-c1cc(-c3ccccc3)c(-c3ccc([C@]4(NC(=O)O)C[C@H](O)C4)cc3)nc1OC2. The van der Waals surface area contributed by atoms with Gasteiger partial charge in [0, 0.05) is 30.4 Å². The van der Waals surface area contributed by atoms with Gasteiger partial charge in [0.1, 0.15) is 11.5 Å². The van der Waals surface area contributed by atoms with Gasteiger partial charge in [-0.05, 0) is 17.2 Å². The molecule has 1 saturated carbocycles. The molecule has 182 valence electrons. The summed E-state index contributed by atoms with van der Waals surface area (Å²) in [4.78, 5) is 16.4. The van der Waals surface area contributed by atoms with Crippen LogP contribution in [0.2, 0.25) is 0 Å². The van der Waals surface area contributed by atoms with E-state index < -0.39 is 17.7 Å². The smallest absolute Gasteiger partial charge is 0.405 e. The van der Waals surface area contributed by atoms with Crippen LogP contribution >= 0.6 is 0 Å². The highest BCUT2D eigenvalue weighted by molar-refractivity contribution is 5.83. The summed E-state index contributed by atoms with van der Waals surface area (Å²) in [6.07, 6.45) is -0.196. The molecule has 0 unspecified atom stereocenters. The van der Waals surface area contributed by atoms with Crippen molar-refractivity contribution in [3.05, 3.63) is 77.9 Å². The summed E-state index contributed by atoms with van der Waals surface area (Å²) in [6.45, 7) is 2.34. The molecule has 0 spiro atoms. The van der Waals surface area contributed by atoms with Crippen molar-refractivity contribution in [2.24, 2.45) is 0 Å². The van der Waals surface area contributed by atoms with Gasteiger partial charge in [-0.25, -0.2) is 9.78 Å². The number of aryl methyl sites for hydroxylation is 1. The Balaban J connectivity index is 1.47. The molecule has 1 fully saturated rings. The normalized spacial score (nSPS) is 20.0. The number of carbonyl (C=O) groups is 1. The first-order valence-electron chi connectivity index (χ1n) is 11.9. The number of hydrogen-bond donors (Lipinski definition) is 3. The van der Waals surface area contributed by atoms with E-state index in [0.717, 1.165) is 51.7 Å². The van der Waals surface area contributed by atoms with Crippen molar-refractivity contribution in [3.63, 3.8) is 0 Å². The fourth-order valence-corrected chi connectivity index (χ4v) is 5.20. The van der Waals surface area contributed by atoms with Gasteiger partial charge in [-0.3, -0.25) is 4.57 Å². The van der Waals surface area contributed by atoms with Crippen LogP contribution in [0.15, 0.2) is 60.7 Å². The number of rotatable bonds is 5. The van der Waals surface area contributed by atoms with E-state index in [1.165, 1.54) is 0 Å². The van der Waals surface area contributed by atoms with E-state index in [1.807, 2.05) is 66.1 Å². The maximum absolute atomic E-state index is 11.4. The molecular weight excluding hydrogens is 458 g/mol. The fourth-order valence-electron chi connectivity index (χ4n) is 5.20. The predicted molar refractivity (Wildman–Crippen MR) is 132 cm³/mol. The molecule has 1 amide bonds. The van der Waals surface area contributed by atoms with E-state index in [0.29, 0.717) is 25.3 Å². The van der Waals surface area contributed by atoms with Crippen molar-refractivity contribution < 1.29 is 19.7 Å². The van der Waals surface area contributed by atoms with Gasteiger partial charge in [-0.1, -0.05) is 61.5 Å². The fraction of sp³-hybridized carbons (Fsp3) is 0.259. The number of pyridine rings is 1. The number of aliphatic hydroxyl groups is 1. The third kappa shape index (κ3) is 3.59. The largest absolute Gasteiger partial charge is 0.468 e. The molecule has 6 rings (SSSR count). The van der Waals surface area contributed by atoms with E-state index in [9.17, 15) is 15.0 Å². The molecule has 2 aromatic heterocycles. The van der Waals surface area contributed by atoms with Crippen LogP contribution in [-0.4, -0.2) is 42.2 Å². The van der Waals surface area contributed by atoms with Crippen molar-refractivity contribution in [2.45, 2.75) is 44.4 Å². The standard InChI is InChI=1S/C27H25N5O4/c1-2-22-30-31-23-15-36-25-21(32(22)23)12-20(16-6-4-3-5-7-16)24(28-25)17-8-10-18(11-9-17)27(29-26(34)35)13-19(33)14-27/h3-12,19,29,33H,2,13-15H2,1H3,(H,34,35)/t19-,27-. The zero-order valence-electron chi connectivity index (χ0n) is 19.7. The van der Waals surface area contributed by atoms with Gasteiger partial charge in [-0.2, -0.15) is 0 Å². The number of nitrogens with one attached hydrogen (secondary N) is 1. The van der Waals surface area contributed by atoms with Gasteiger partial charge < -0.3 is 20.3 Å². The average molecular weight is 484 g/mol. The topological polar surface area (TPSA) is 122 Å². The molecule has 0 saturated heterocycles. The van der Waals surface area contributed by atoms with Gasteiger partial charge in [0.25, 0.3) is 0 Å². The maximum atomic E-state index is 11.4. The second-order valence-corrected chi connectivity index (χ2v) is 9.24. The Hall–Kier alpha value is -4.24. The molecule has 0 atom stereocenters. The lowest BCUT2D eigenvalue weighted by Crippen LogP contribution is -2.56. The van der Waals surface area contributed by atoms with Crippen LogP contribution in [0.4, 0.5) is 4.79 Å². The van der Waals surface area contributed by atoms with Crippen molar-refractivity contribution in [1.82, 2.24) is 25.1 Å². The third-order valence-corrected chi connectivity index (χ3v) is 6.97. The van der Waals surface area contributed by atoms with E-state index in [1.54, 1.807) is 0 Å². The van der Waals surface area contributed by atoms with Crippen LogP contribution in [0.3, 0.4) is 0 Å². The molecule has 9 nitrogen and oxygen atoms in total. The van der Waals surface area contributed by atoms with E-state index >= 15 is 0 Å². The molecule has 4 aromatic rings. The first kappa shape index (κ1) is 22.2. The maximum Gasteiger partial charge on any atom is 0.405 e. The Morgan fingerprint density at radius 2 is 1.86 bits per heavy atom. The number of amides is 1. The van der Waals surface area contributed by atoms with Gasteiger partial charge in [0.05, 0.1) is 17.3 Å². The molecule has 3 heterocycles. The summed E-state index contributed by atoms with van der Waals surface area (Å²) in [5, 5.41) is 30.4. The second kappa shape index (κ2) is 8.46. The first-order valence-corrected chi connectivity index (χ1v) is 11.9. The van der Waals surface area contributed by atoms with Crippen molar-refractivity contribution in [1.29, 1.82) is 0 Å². The molecule has 0 radical (unpaired) electrons. The number of hydrogen-bond acceptors (Lipinski definition) is 6. The Morgan fingerprint density at radius 3 is 2.53 bits per heavy atom. The number of aromatic nitrogens is 4. The molecule has 0 bridgehead atoms. The predicted octanol–water partition coefficient (Wildman–Crippen LogP) is 4.07. The molecule has 2 aromatic carbocycles. The summed E-state index contributed by atoms with van der Waals surface area (Å²) in [7, 11) is 0. The number of nitrogens with zero attached hydrogens (tertiary/aromatic N) is 4. The number of carboxylic acid groups (broad SMARTS) is 1. The summed E-state index contributed by atoms with van der Waals surface area (Å²) in [6, 6.07) is 19.8. The molecule has 3 N–H and O–H groups in total. The average Bonchev–Trinajstić information content (AvgIpc) is 3.31. The van der Waals surface area contributed by atoms with Crippen molar-refractivity contribution in [2.75, 3.05) is 0 Å². The first-order chi connectivity index (χ1) is 17.5. The van der Waals surface area contributed by atoms with Gasteiger partial charge in [-0.15, -0.1) is 10.2 Å². The Kier molecular flexibility index (Phi) is 5.22. The van der Waals surface area contributed by atoms with Crippen molar-refractivity contribution >= 4 is 6.09 Å². The third-order valence-electron chi connectivity index (χ3n) is 6.97. The second-order valence-electron chi connectivity index (χ2n) is 9.24. The zero-order valence-corrected chi connectivity index (χ0v) is 19.7. The van der Waals surface area contributed by atoms with Gasteiger partial charge in [0.2, 0.25) is 5.88 Å². The minimum Gasteiger partial charge on any atom is -0.468 e. The molecule has 2 aliphatic rings. The molecule has 1 aliphatic carbocycles. The Morgan fingerprint density at radius 1 is 1.11 bits per heavy atom. The van der Waals surface area contributed by atoms with Crippen LogP contribution in [0.25, 0.3) is 28.1 Å². The summed E-state index contributed by atoms with van der Waals surface area (Å²) in [5.74, 6) is 2.12. The minimum absolute atomic E-state index is 0.293. The summed E-state index contributed by atoms with van der Waals surface area (Å²) < 4.78 is 8.01. The van der Waals surface area contributed by atoms with E-state index in [-0.39, 0.29) is 0 Å². The lowest BCUT2D eigenvalue weighted by atomic mass is 9.69. The Bertz CT molecular complexity index is 1430. The molecule has 1 aliphatic heterocycles.